The number of thiophene rings is 1. The Morgan fingerprint density at radius 2 is 1.93 bits per heavy atom. The summed E-state index contributed by atoms with van der Waals surface area (Å²) in [5.74, 6) is -1.04. The minimum atomic E-state index is -0.715. The Morgan fingerprint density at radius 3 is 2.56 bits per heavy atom. The van der Waals surface area contributed by atoms with E-state index in [1.54, 1.807) is 36.4 Å². The number of nitrogens with zero attached hydrogens (tertiary/aromatic N) is 1. The maximum absolute atomic E-state index is 12.8. The second-order valence-electron chi connectivity index (χ2n) is 6.03. The van der Waals surface area contributed by atoms with E-state index in [9.17, 15) is 14.7 Å². The van der Waals surface area contributed by atoms with E-state index in [2.05, 4.69) is 0 Å². The first-order chi connectivity index (χ1) is 13.1. The van der Waals surface area contributed by atoms with Crippen molar-refractivity contribution < 1.29 is 19.1 Å². The number of likely N-dealkylation sites (tertiary alicyclic amines) is 1. The van der Waals surface area contributed by atoms with Crippen LogP contribution in [0.2, 0.25) is 5.02 Å². The SMILES string of the molecule is O=C1C(=O)N(Cc2ccco2)C(c2cccs2)C1=C(O)c1ccc(Cl)cc1. The zero-order valence-electron chi connectivity index (χ0n) is 14.0. The van der Waals surface area contributed by atoms with E-state index >= 15 is 0 Å². The van der Waals surface area contributed by atoms with Crippen LogP contribution in [-0.4, -0.2) is 21.7 Å². The Kier molecular flexibility index (Phi) is 4.59. The average molecular weight is 400 g/mol. The first kappa shape index (κ1) is 17.6. The third-order valence-corrected chi connectivity index (χ3v) is 5.55. The standard InChI is InChI=1S/C20H14ClNO4S/c21-13-7-5-12(6-8-13)18(23)16-17(15-4-2-10-27-15)22(20(25)19(16)24)11-14-3-1-9-26-14/h1-10,17,23H,11H2. The molecule has 1 atom stereocenters. The molecule has 5 nitrogen and oxygen atoms in total. The number of hydrogen-bond donors (Lipinski definition) is 1. The highest BCUT2D eigenvalue weighted by molar-refractivity contribution is 7.10. The Morgan fingerprint density at radius 1 is 1.15 bits per heavy atom. The summed E-state index contributed by atoms with van der Waals surface area (Å²) in [4.78, 5) is 27.7. The van der Waals surface area contributed by atoms with Crippen LogP contribution >= 0.6 is 22.9 Å². The molecule has 0 radical (unpaired) electrons. The number of furan rings is 1. The molecule has 7 heteroatoms. The van der Waals surface area contributed by atoms with Gasteiger partial charge < -0.3 is 14.4 Å². The van der Waals surface area contributed by atoms with Gasteiger partial charge in [-0.1, -0.05) is 17.7 Å². The van der Waals surface area contributed by atoms with E-state index in [0.29, 0.717) is 16.3 Å². The molecule has 1 aromatic carbocycles. The van der Waals surface area contributed by atoms with Gasteiger partial charge in [0.15, 0.2) is 0 Å². The van der Waals surface area contributed by atoms with Crippen molar-refractivity contribution >= 4 is 40.4 Å². The number of rotatable bonds is 4. The number of carbonyl (C=O) groups is 2. The number of aliphatic hydroxyl groups excluding tert-OH is 1. The molecule has 0 saturated carbocycles. The highest BCUT2D eigenvalue weighted by Crippen LogP contribution is 2.41. The van der Waals surface area contributed by atoms with Crippen molar-refractivity contribution in [3.63, 3.8) is 0 Å². The first-order valence-corrected chi connectivity index (χ1v) is 9.42. The van der Waals surface area contributed by atoms with Crippen LogP contribution in [0.4, 0.5) is 0 Å². The third-order valence-electron chi connectivity index (χ3n) is 4.38. The summed E-state index contributed by atoms with van der Waals surface area (Å²) in [7, 11) is 0. The number of ketones is 1. The molecule has 3 aromatic rings. The number of hydrogen-bond acceptors (Lipinski definition) is 5. The number of halogens is 1. The molecular formula is C20H14ClNO4S. The van der Waals surface area contributed by atoms with E-state index in [4.69, 9.17) is 16.0 Å². The van der Waals surface area contributed by atoms with E-state index in [1.807, 2.05) is 17.5 Å². The van der Waals surface area contributed by atoms with E-state index in [0.717, 1.165) is 4.88 Å². The van der Waals surface area contributed by atoms with Crippen LogP contribution in [0.3, 0.4) is 0 Å². The second kappa shape index (κ2) is 7.06. The lowest BCUT2D eigenvalue weighted by atomic mass is 10.00. The smallest absolute Gasteiger partial charge is 0.296 e. The zero-order chi connectivity index (χ0) is 19.0. The molecule has 0 aliphatic carbocycles. The van der Waals surface area contributed by atoms with Crippen LogP contribution in [0.25, 0.3) is 5.76 Å². The van der Waals surface area contributed by atoms with E-state index in [-0.39, 0.29) is 17.9 Å². The predicted octanol–water partition coefficient (Wildman–Crippen LogP) is 4.62. The molecule has 4 rings (SSSR count). The van der Waals surface area contributed by atoms with Gasteiger partial charge in [0, 0.05) is 15.5 Å². The lowest BCUT2D eigenvalue weighted by Crippen LogP contribution is -2.28. The fourth-order valence-electron chi connectivity index (χ4n) is 3.12. The molecule has 136 valence electrons. The van der Waals surface area contributed by atoms with Crippen molar-refractivity contribution in [2.75, 3.05) is 0 Å². The molecule has 1 aliphatic heterocycles. The lowest BCUT2D eigenvalue weighted by Gasteiger charge is -2.23. The molecule has 1 fully saturated rings. The second-order valence-corrected chi connectivity index (χ2v) is 7.44. The van der Waals surface area contributed by atoms with Crippen molar-refractivity contribution in [2.24, 2.45) is 0 Å². The number of Topliss-reactive ketones (excluding diaryl/α,β-unsaturated/α-hetero) is 1. The molecule has 0 bridgehead atoms. The van der Waals surface area contributed by atoms with Crippen LogP contribution in [0.1, 0.15) is 22.2 Å². The quantitative estimate of drug-likeness (QED) is 0.395. The monoisotopic (exact) mass is 399 g/mol. The maximum Gasteiger partial charge on any atom is 0.296 e. The predicted molar refractivity (Wildman–Crippen MR) is 102 cm³/mol. The van der Waals surface area contributed by atoms with Crippen LogP contribution in [0.5, 0.6) is 0 Å². The molecular weight excluding hydrogens is 386 g/mol. The largest absolute Gasteiger partial charge is 0.507 e. The number of amides is 1. The Balaban J connectivity index is 1.83. The van der Waals surface area contributed by atoms with Gasteiger partial charge in [0.1, 0.15) is 17.6 Å². The molecule has 27 heavy (non-hydrogen) atoms. The van der Waals surface area contributed by atoms with Gasteiger partial charge >= 0.3 is 0 Å². The van der Waals surface area contributed by atoms with Gasteiger partial charge in [-0.15, -0.1) is 11.3 Å². The maximum atomic E-state index is 12.8. The number of benzene rings is 1. The molecule has 1 N–H and O–H groups in total. The summed E-state index contributed by atoms with van der Waals surface area (Å²) in [6, 6.07) is 12.9. The summed E-state index contributed by atoms with van der Waals surface area (Å²) in [6.45, 7) is 0.136. The van der Waals surface area contributed by atoms with Gasteiger partial charge in [-0.25, -0.2) is 0 Å². The topological polar surface area (TPSA) is 70.8 Å². The van der Waals surface area contributed by atoms with E-state index in [1.165, 1.54) is 22.5 Å². The summed E-state index contributed by atoms with van der Waals surface area (Å²) in [5, 5.41) is 13.2. The average Bonchev–Trinajstić information content (AvgIpc) is 3.40. The fraction of sp³-hybridized carbons (Fsp3) is 0.100. The van der Waals surface area contributed by atoms with Crippen molar-refractivity contribution in [3.8, 4) is 0 Å². The summed E-state index contributed by atoms with van der Waals surface area (Å²) in [5.41, 5.74) is 0.494. The zero-order valence-corrected chi connectivity index (χ0v) is 15.5. The molecule has 1 aliphatic rings. The summed E-state index contributed by atoms with van der Waals surface area (Å²) < 4.78 is 5.34. The van der Waals surface area contributed by atoms with Crippen LogP contribution < -0.4 is 0 Å². The van der Waals surface area contributed by atoms with Crippen molar-refractivity contribution in [1.82, 2.24) is 4.90 Å². The molecule has 0 spiro atoms. The minimum absolute atomic E-state index is 0.0660. The Hall–Kier alpha value is -2.83. The third kappa shape index (κ3) is 3.18. The van der Waals surface area contributed by atoms with Crippen LogP contribution in [0.15, 0.2) is 70.2 Å². The molecule has 1 amide bonds. The fourth-order valence-corrected chi connectivity index (χ4v) is 4.09. The Bertz CT molecular complexity index is 1010. The first-order valence-electron chi connectivity index (χ1n) is 8.16. The van der Waals surface area contributed by atoms with Gasteiger partial charge in [-0.05, 0) is 47.8 Å². The molecule has 1 unspecified atom stereocenters. The minimum Gasteiger partial charge on any atom is -0.507 e. The number of aliphatic hydroxyl groups is 1. The van der Waals surface area contributed by atoms with Crippen molar-refractivity contribution in [2.45, 2.75) is 12.6 Å². The summed E-state index contributed by atoms with van der Waals surface area (Å²) in [6.07, 6.45) is 1.51. The number of carbonyl (C=O) groups excluding carboxylic acids is 2. The van der Waals surface area contributed by atoms with Gasteiger partial charge in [0.05, 0.1) is 18.4 Å². The van der Waals surface area contributed by atoms with Gasteiger partial charge in [-0.2, -0.15) is 0 Å². The normalized spacial score (nSPS) is 19.0. The van der Waals surface area contributed by atoms with E-state index < -0.39 is 17.7 Å². The highest BCUT2D eigenvalue weighted by atomic mass is 35.5. The highest BCUT2D eigenvalue weighted by Gasteiger charge is 2.46. The van der Waals surface area contributed by atoms with Crippen LogP contribution in [-0.2, 0) is 16.1 Å². The van der Waals surface area contributed by atoms with Crippen molar-refractivity contribution in [3.05, 3.63) is 87.0 Å². The van der Waals surface area contributed by atoms with Gasteiger partial charge in [-0.3, -0.25) is 9.59 Å². The molecule has 3 heterocycles. The van der Waals surface area contributed by atoms with Gasteiger partial charge in [0.25, 0.3) is 11.7 Å². The van der Waals surface area contributed by atoms with Gasteiger partial charge in [0.2, 0.25) is 0 Å². The summed E-state index contributed by atoms with van der Waals surface area (Å²) >= 11 is 7.32. The molecule has 1 saturated heterocycles. The van der Waals surface area contributed by atoms with Crippen molar-refractivity contribution in [1.29, 1.82) is 0 Å². The lowest BCUT2D eigenvalue weighted by molar-refractivity contribution is -0.140. The molecule has 2 aromatic heterocycles. The van der Waals surface area contributed by atoms with Crippen LogP contribution in [0, 0.1) is 0 Å². The Labute approximate surface area is 164 Å².